The van der Waals surface area contributed by atoms with E-state index in [4.69, 9.17) is 4.74 Å². The van der Waals surface area contributed by atoms with Crippen molar-refractivity contribution >= 4 is 8.80 Å². The van der Waals surface area contributed by atoms with Crippen LogP contribution in [-0.2, 0) is 4.74 Å². The second-order valence-electron chi connectivity index (χ2n) is 2.03. The summed E-state index contributed by atoms with van der Waals surface area (Å²) >= 11 is 0. The van der Waals surface area contributed by atoms with E-state index in [2.05, 4.69) is 18.8 Å². The van der Waals surface area contributed by atoms with Crippen LogP contribution >= 0.6 is 0 Å². The molecule has 0 aliphatic carbocycles. The SMILES string of the molecule is CCOC=C[SiH](C)C. The van der Waals surface area contributed by atoms with Crippen LogP contribution in [0.2, 0.25) is 13.1 Å². The van der Waals surface area contributed by atoms with E-state index in [0.717, 1.165) is 6.61 Å². The third kappa shape index (κ3) is 5.76. The first-order valence-corrected chi connectivity index (χ1v) is 6.03. The zero-order valence-electron chi connectivity index (χ0n) is 5.85. The summed E-state index contributed by atoms with van der Waals surface area (Å²) in [5.74, 6) is 0. The van der Waals surface area contributed by atoms with Gasteiger partial charge in [-0.05, 0) is 6.92 Å². The summed E-state index contributed by atoms with van der Waals surface area (Å²) in [4.78, 5) is 0. The lowest BCUT2D eigenvalue weighted by Crippen LogP contribution is -1.92. The van der Waals surface area contributed by atoms with Gasteiger partial charge in [0.2, 0.25) is 0 Å². The molecule has 2 heteroatoms. The molecule has 0 fully saturated rings. The molecule has 0 rings (SSSR count). The molecule has 0 saturated heterocycles. The van der Waals surface area contributed by atoms with Crippen LogP contribution in [0.1, 0.15) is 6.92 Å². The monoisotopic (exact) mass is 130 g/mol. The highest BCUT2D eigenvalue weighted by atomic mass is 28.3. The highest BCUT2D eigenvalue weighted by Gasteiger charge is 1.82. The third-order valence-corrected chi connectivity index (χ3v) is 1.65. The van der Waals surface area contributed by atoms with E-state index in [1.807, 2.05) is 13.2 Å². The Morgan fingerprint density at radius 1 is 1.50 bits per heavy atom. The zero-order chi connectivity index (χ0) is 6.41. The number of ether oxygens (including phenoxy) is 1. The van der Waals surface area contributed by atoms with Crippen molar-refractivity contribution in [3.8, 4) is 0 Å². The largest absolute Gasteiger partial charge is 0.502 e. The average Bonchev–Trinajstić information content (AvgIpc) is 1.66. The topological polar surface area (TPSA) is 9.23 Å². The lowest BCUT2D eigenvalue weighted by atomic mass is 10.9. The predicted octanol–water partition coefficient (Wildman–Crippen LogP) is 1.56. The Hall–Kier alpha value is -0.243. The Morgan fingerprint density at radius 3 is 2.50 bits per heavy atom. The minimum absolute atomic E-state index is 0.508. The second kappa shape index (κ2) is 4.90. The highest BCUT2D eigenvalue weighted by molar-refractivity contribution is 6.61. The van der Waals surface area contributed by atoms with Crippen LogP contribution in [0.4, 0.5) is 0 Å². The molecule has 1 nitrogen and oxygen atoms in total. The molecule has 0 spiro atoms. The molecule has 0 saturated carbocycles. The maximum Gasteiger partial charge on any atom is 0.0844 e. The highest BCUT2D eigenvalue weighted by Crippen LogP contribution is 1.82. The molecule has 0 aliphatic heterocycles. The maximum atomic E-state index is 5.00. The van der Waals surface area contributed by atoms with Gasteiger partial charge in [0, 0.05) is 0 Å². The molecular formula is C6H14OSi. The van der Waals surface area contributed by atoms with Crippen molar-refractivity contribution in [1.29, 1.82) is 0 Å². The fourth-order valence-electron chi connectivity index (χ4n) is 0.309. The molecule has 0 bridgehead atoms. The van der Waals surface area contributed by atoms with Gasteiger partial charge in [0.1, 0.15) is 0 Å². The van der Waals surface area contributed by atoms with Crippen molar-refractivity contribution in [2.75, 3.05) is 6.61 Å². The summed E-state index contributed by atoms with van der Waals surface area (Å²) in [5, 5.41) is 0. The first-order chi connectivity index (χ1) is 3.77. The van der Waals surface area contributed by atoms with Crippen molar-refractivity contribution in [3.05, 3.63) is 12.0 Å². The molecule has 0 aromatic heterocycles. The zero-order valence-corrected chi connectivity index (χ0v) is 7.00. The molecule has 0 aromatic rings. The van der Waals surface area contributed by atoms with Gasteiger partial charge >= 0.3 is 0 Å². The van der Waals surface area contributed by atoms with E-state index in [9.17, 15) is 0 Å². The van der Waals surface area contributed by atoms with Crippen LogP contribution in [0.25, 0.3) is 0 Å². The molecule has 0 N–H and O–H groups in total. The van der Waals surface area contributed by atoms with Gasteiger partial charge in [0.05, 0.1) is 21.7 Å². The predicted molar refractivity (Wildman–Crippen MR) is 39.6 cm³/mol. The summed E-state index contributed by atoms with van der Waals surface area (Å²) in [6.07, 6.45) is 1.82. The van der Waals surface area contributed by atoms with Gasteiger partial charge in [-0.2, -0.15) is 0 Å². The van der Waals surface area contributed by atoms with E-state index >= 15 is 0 Å². The van der Waals surface area contributed by atoms with Gasteiger partial charge in [0.15, 0.2) is 0 Å². The summed E-state index contributed by atoms with van der Waals surface area (Å²) in [6.45, 7) is 7.30. The van der Waals surface area contributed by atoms with Crippen molar-refractivity contribution in [2.24, 2.45) is 0 Å². The van der Waals surface area contributed by atoms with Gasteiger partial charge in [-0.3, -0.25) is 0 Å². The smallest absolute Gasteiger partial charge is 0.0844 e. The molecule has 0 heterocycles. The van der Waals surface area contributed by atoms with Crippen LogP contribution in [0.15, 0.2) is 12.0 Å². The quantitative estimate of drug-likeness (QED) is 0.416. The van der Waals surface area contributed by atoms with Crippen LogP contribution in [0.5, 0.6) is 0 Å². The Morgan fingerprint density at radius 2 is 2.12 bits per heavy atom. The second-order valence-corrected chi connectivity index (χ2v) is 4.90. The Bertz CT molecular complexity index is 68.9. The Kier molecular flexibility index (Phi) is 4.76. The van der Waals surface area contributed by atoms with Gasteiger partial charge in [0.25, 0.3) is 0 Å². The molecular weight excluding hydrogens is 116 g/mol. The Labute approximate surface area is 53.0 Å². The van der Waals surface area contributed by atoms with Crippen molar-refractivity contribution in [2.45, 2.75) is 20.0 Å². The molecule has 48 valence electrons. The van der Waals surface area contributed by atoms with Crippen molar-refractivity contribution < 1.29 is 4.74 Å². The van der Waals surface area contributed by atoms with Crippen molar-refractivity contribution in [1.82, 2.24) is 0 Å². The van der Waals surface area contributed by atoms with E-state index < -0.39 is 8.80 Å². The van der Waals surface area contributed by atoms with E-state index in [-0.39, 0.29) is 0 Å². The van der Waals surface area contributed by atoms with Gasteiger partial charge in [-0.25, -0.2) is 0 Å². The van der Waals surface area contributed by atoms with E-state index in [0.29, 0.717) is 0 Å². The first-order valence-electron chi connectivity index (χ1n) is 3.05. The first kappa shape index (κ1) is 7.76. The molecule has 0 atom stereocenters. The summed E-state index contributed by atoms with van der Waals surface area (Å²) < 4.78 is 5.00. The van der Waals surface area contributed by atoms with Gasteiger partial charge < -0.3 is 4.74 Å². The van der Waals surface area contributed by atoms with Crippen molar-refractivity contribution in [3.63, 3.8) is 0 Å². The lowest BCUT2D eigenvalue weighted by Gasteiger charge is -1.92. The van der Waals surface area contributed by atoms with E-state index in [1.165, 1.54) is 0 Å². The fourth-order valence-corrected chi connectivity index (χ4v) is 0.734. The summed E-state index contributed by atoms with van der Waals surface area (Å²) in [5.41, 5.74) is 2.17. The van der Waals surface area contributed by atoms with Crippen LogP contribution < -0.4 is 0 Å². The maximum absolute atomic E-state index is 5.00. The summed E-state index contributed by atoms with van der Waals surface area (Å²) in [6, 6.07) is 0. The third-order valence-electron chi connectivity index (χ3n) is 0.726. The fraction of sp³-hybridized carbons (Fsp3) is 0.667. The lowest BCUT2D eigenvalue weighted by molar-refractivity contribution is 0.270. The molecule has 0 radical (unpaired) electrons. The molecule has 0 aromatic carbocycles. The van der Waals surface area contributed by atoms with Crippen LogP contribution in [0, 0.1) is 0 Å². The number of rotatable bonds is 3. The molecule has 0 amide bonds. The van der Waals surface area contributed by atoms with Crippen LogP contribution in [0.3, 0.4) is 0 Å². The normalized spacial score (nSPS) is 11.0. The minimum Gasteiger partial charge on any atom is -0.502 e. The van der Waals surface area contributed by atoms with Gasteiger partial charge in [-0.15, -0.1) is 0 Å². The molecule has 8 heavy (non-hydrogen) atoms. The van der Waals surface area contributed by atoms with E-state index in [1.54, 1.807) is 0 Å². The average molecular weight is 130 g/mol. The molecule has 0 aliphatic rings. The minimum atomic E-state index is -0.508. The van der Waals surface area contributed by atoms with Gasteiger partial charge in [-0.1, -0.05) is 18.8 Å². The molecule has 0 unspecified atom stereocenters. The number of hydrogen-bond acceptors (Lipinski definition) is 1. The Balaban J connectivity index is 3.07. The standard InChI is InChI=1S/C6H14OSi/c1-4-7-5-6-8(2)3/h5-6,8H,4H2,1-3H3. The summed E-state index contributed by atoms with van der Waals surface area (Å²) in [7, 11) is -0.508. The van der Waals surface area contributed by atoms with Crippen LogP contribution in [-0.4, -0.2) is 15.4 Å². The number of hydrogen-bond donors (Lipinski definition) is 0.